The van der Waals surface area contributed by atoms with Gasteiger partial charge in [-0.2, -0.15) is 4.98 Å². The van der Waals surface area contributed by atoms with Gasteiger partial charge in [0.15, 0.2) is 5.65 Å². The van der Waals surface area contributed by atoms with Crippen LogP contribution in [-0.4, -0.2) is 25.1 Å². The minimum absolute atomic E-state index is 0.223. The molecule has 1 aliphatic rings. The number of anilines is 1. The predicted molar refractivity (Wildman–Crippen MR) is 105 cm³/mol. The molecule has 0 atom stereocenters. The number of nitrogens with zero attached hydrogens (tertiary/aromatic N) is 4. The second-order valence-corrected chi connectivity index (χ2v) is 7.21. The van der Waals surface area contributed by atoms with Crippen LogP contribution < -0.4 is 11.0 Å². The second kappa shape index (κ2) is 7.01. The Hall–Kier alpha value is -3.62. The highest BCUT2D eigenvalue weighted by Crippen LogP contribution is 2.25. The summed E-state index contributed by atoms with van der Waals surface area (Å²) in [6.45, 7) is -0.352. The molecule has 5 rings (SSSR count). The van der Waals surface area contributed by atoms with Crippen LogP contribution >= 0.6 is 0 Å². The summed E-state index contributed by atoms with van der Waals surface area (Å²) in [7, 11) is 0. The Balaban J connectivity index is 1.72. The van der Waals surface area contributed by atoms with Crippen molar-refractivity contribution in [3.8, 4) is 5.69 Å². The first kappa shape index (κ1) is 18.4. The number of nitrogens with one attached hydrogen (secondary N) is 1. The summed E-state index contributed by atoms with van der Waals surface area (Å²) in [5.74, 6) is -1.71. The van der Waals surface area contributed by atoms with Crippen LogP contribution in [-0.2, 0) is 6.54 Å². The Morgan fingerprint density at radius 3 is 2.50 bits per heavy atom. The zero-order chi connectivity index (χ0) is 20.8. The van der Waals surface area contributed by atoms with Crippen molar-refractivity contribution in [2.75, 3.05) is 5.32 Å². The molecule has 9 heteroatoms. The van der Waals surface area contributed by atoms with Crippen LogP contribution in [0.15, 0.2) is 53.5 Å². The summed E-state index contributed by atoms with van der Waals surface area (Å²) in [4.78, 5) is 21.9. The zero-order valence-electron chi connectivity index (χ0n) is 15.6. The SMILES string of the molecule is O=c1n(Cc2c(F)cccc2F)c2cnc(NC3CC3)nc2n1-c1cccc(F)c1. The molecule has 2 aromatic heterocycles. The van der Waals surface area contributed by atoms with E-state index in [1.54, 1.807) is 6.07 Å². The van der Waals surface area contributed by atoms with Crippen LogP contribution in [0.5, 0.6) is 0 Å². The lowest BCUT2D eigenvalue weighted by Crippen LogP contribution is -2.24. The van der Waals surface area contributed by atoms with Gasteiger partial charge in [-0.1, -0.05) is 12.1 Å². The molecule has 0 spiro atoms. The summed E-state index contributed by atoms with van der Waals surface area (Å²) >= 11 is 0. The fraction of sp³-hybridized carbons (Fsp3) is 0.190. The largest absolute Gasteiger partial charge is 0.351 e. The highest BCUT2D eigenvalue weighted by atomic mass is 19.1. The number of rotatable bonds is 5. The van der Waals surface area contributed by atoms with Crippen LogP contribution in [0.3, 0.4) is 0 Å². The van der Waals surface area contributed by atoms with Gasteiger partial charge in [-0.3, -0.25) is 4.57 Å². The molecule has 1 fully saturated rings. The number of hydrogen-bond acceptors (Lipinski definition) is 4. The molecule has 0 aliphatic heterocycles. The molecule has 1 N–H and O–H groups in total. The summed E-state index contributed by atoms with van der Waals surface area (Å²) in [6, 6.07) is 9.29. The lowest BCUT2D eigenvalue weighted by Gasteiger charge is -2.06. The molecule has 1 aliphatic carbocycles. The Bertz CT molecular complexity index is 1310. The smallest absolute Gasteiger partial charge is 0.335 e. The Labute approximate surface area is 168 Å². The van der Waals surface area contributed by atoms with Gasteiger partial charge >= 0.3 is 5.69 Å². The second-order valence-electron chi connectivity index (χ2n) is 7.21. The van der Waals surface area contributed by atoms with E-state index in [4.69, 9.17) is 0 Å². The number of fused-ring (bicyclic) bond motifs is 1. The van der Waals surface area contributed by atoms with Crippen LogP contribution in [0, 0.1) is 17.5 Å². The number of hydrogen-bond donors (Lipinski definition) is 1. The van der Waals surface area contributed by atoms with Crippen molar-refractivity contribution >= 4 is 17.1 Å². The normalized spacial score (nSPS) is 13.7. The summed E-state index contributed by atoms with van der Waals surface area (Å²) in [5, 5.41) is 3.15. The molecule has 0 bridgehead atoms. The third-order valence-corrected chi connectivity index (χ3v) is 5.03. The average molecular weight is 411 g/mol. The van der Waals surface area contributed by atoms with E-state index in [9.17, 15) is 18.0 Å². The van der Waals surface area contributed by atoms with Gasteiger partial charge in [0, 0.05) is 11.6 Å². The minimum atomic E-state index is -0.763. The molecule has 30 heavy (non-hydrogen) atoms. The molecule has 152 valence electrons. The van der Waals surface area contributed by atoms with Gasteiger partial charge in [0.1, 0.15) is 23.0 Å². The van der Waals surface area contributed by atoms with E-state index in [2.05, 4.69) is 15.3 Å². The third kappa shape index (κ3) is 3.22. The van der Waals surface area contributed by atoms with E-state index < -0.39 is 23.1 Å². The van der Waals surface area contributed by atoms with Gasteiger partial charge in [-0.05, 0) is 43.2 Å². The van der Waals surface area contributed by atoms with Gasteiger partial charge in [0.05, 0.1) is 18.4 Å². The van der Waals surface area contributed by atoms with Gasteiger partial charge in [0.25, 0.3) is 0 Å². The van der Waals surface area contributed by atoms with Gasteiger partial charge in [-0.25, -0.2) is 27.5 Å². The van der Waals surface area contributed by atoms with Crippen molar-refractivity contribution in [3.63, 3.8) is 0 Å². The van der Waals surface area contributed by atoms with Crippen molar-refractivity contribution < 1.29 is 13.2 Å². The fourth-order valence-electron chi connectivity index (χ4n) is 3.36. The maximum Gasteiger partial charge on any atom is 0.335 e. The van der Waals surface area contributed by atoms with Gasteiger partial charge in [0.2, 0.25) is 5.95 Å². The predicted octanol–water partition coefficient (Wildman–Crippen LogP) is 3.62. The molecule has 0 radical (unpaired) electrons. The zero-order valence-corrected chi connectivity index (χ0v) is 15.6. The molecule has 2 heterocycles. The van der Waals surface area contributed by atoms with E-state index in [1.807, 2.05) is 0 Å². The molecule has 6 nitrogen and oxygen atoms in total. The maximum atomic E-state index is 14.2. The molecule has 2 aromatic carbocycles. The van der Waals surface area contributed by atoms with Crippen molar-refractivity contribution in [1.29, 1.82) is 0 Å². The number of aromatic nitrogens is 4. The standard InChI is InChI=1S/C21H16F3N5O/c22-12-3-1-4-14(9-12)29-19-18(10-25-20(27-19)26-13-7-8-13)28(21(29)30)11-15-16(23)5-2-6-17(15)24/h1-6,9-10,13H,7-8,11H2,(H,25,26,27). The van der Waals surface area contributed by atoms with E-state index in [-0.39, 0.29) is 35.0 Å². The summed E-state index contributed by atoms with van der Waals surface area (Å²) in [5.41, 5.74) is -0.0863. The van der Waals surface area contributed by atoms with Gasteiger partial charge < -0.3 is 5.32 Å². The third-order valence-electron chi connectivity index (χ3n) is 5.03. The Morgan fingerprint density at radius 2 is 1.80 bits per heavy atom. The van der Waals surface area contributed by atoms with Crippen LogP contribution in [0.2, 0.25) is 0 Å². The minimum Gasteiger partial charge on any atom is -0.351 e. The van der Waals surface area contributed by atoms with Crippen molar-refractivity contribution in [1.82, 2.24) is 19.1 Å². The molecule has 1 saturated carbocycles. The Morgan fingerprint density at radius 1 is 1.07 bits per heavy atom. The van der Waals surface area contributed by atoms with E-state index in [0.717, 1.165) is 25.0 Å². The maximum absolute atomic E-state index is 14.2. The topological polar surface area (TPSA) is 64.7 Å². The first-order valence-corrected chi connectivity index (χ1v) is 9.45. The van der Waals surface area contributed by atoms with Gasteiger partial charge in [-0.15, -0.1) is 0 Å². The van der Waals surface area contributed by atoms with Crippen LogP contribution in [0.25, 0.3) is 16.9 Å². The lowest BCUT2D eigenvalue weighted by atomic mass is 10.2. The molecule has 4 aromatic rings. The molecular weight excluding hydrogens is 395 g/mol. The van der Waals surface area contributed by atoms with Crippen molar-refractivity contribution in [3.05, 3.63) is 82.2 Å². The van der Waals surface area contributed by atoms with Crippen molar-refractivity contribution in [2.24, 2.45) is 0 Å². The first-order valence-electron chi connectivity index (χ1n) is 9.45. The number of benzene rings is 2. The molecule has 0 amide bonds. The monoisotopic (exact) mass is 411 g/mol. The molecular formula is C21H16F3N5O. The number of imidazole rings is 1. The highest BCUT2D eigenvalue weighted by molar-refractivity contribution is 5.74. The van der Waals surface area contributed by atoms with E-state index in [1.165, 1.54) is 39.6 Å². The highest BCUT2D eigenvalue weighted by Gasteiger charge is 2.24. The molecule has 0 saturated heterocycles. The van der Waals surface area contributed by atoms with Crippen LogP contribution in [0.4, 0.5) is 19.1 Å². The van der Waals surface area contributed by atoms with E-state index >= 15 is 0 Å². The van der Waals surface area contributed by atoms with Crippen LogP contribution in [0.1, 0.15) is 18.4 Å². The lowest BCUT2D eigenvalue weighted by molar-refractivity contribution is 0.543. The summed E-state index contributed by atoms with van der Waals surface area (Å²) in [6.07, 6.45) is 3.44. The number of halogens is 3. The fourth-order valence-corrected chi connectivity index (χ4v) is 3.36. The quantitative estimate of drug-likeness (QED) is 0.545. The Kier molecular flexibility index (Phi) is 4.30. The first-order chi connectivity index (χ1) is 14.5. The molecule has 0 unspecified atom stereocenters. The van der Waals surface area contributed by atoms with Crippen molar-refractivity contribution in [2.45, 2.75) is 25.4 Å². The average Bonchev–Trinajstić information content (AvgIpc) is 3.48. The summed E-state index contributed by atoms with van der Waals surface area (Å²) < 4.78 is 44.7. The van der Waals surface area contributed by atoms with E-state index in [0.29, 0.717) is 5.95 Å².